The lowest BCUT2D eigenvalue weighted by Gasteiger charge is -2.09. The summed E-state index contributed by atoms with van der Waals surface area (Å²) in [5.41, 5.74) is 0.919. The Bertz CT molecular complexity index is 707. The molecule has 108 valence electrons. The monoisotopic (exact) mass is 285 g/mol. The Morgan fingerprint density at radius 2 is 1.76 bits per heavy atom. The van der Waals surface area contributed by atoms with Crippen molar-refractivity contribution in [2.24, 2.45) is 0 Å². The summed E-state index contributed by atoms with van der Waals surface area (Å²) >= 11 is 0. The first-order valence-corrected chi connectivity index (χ1v) is 6.68. The van der Waals surface area contributed by atoms with E-state index >= 15 is 0 Å². The summed E-state index contributed by atoms with van der Waals surface area (Å²) in [6.45, 7) is 2.38. The fourth-order valence-electron chi connectivity index (χ4n) is 1.84. The first-order chi connectivity index (χ1) is 10.3. The van der Waals surface area contributed by atoms with E-state index in [2.05, 4.69) is 20.3 Å². The van der Waals surface area contributed by atoms with E-state index in [1.165, 1.54) is 0 Å². The molecule has 21 heavy (non-hydrogen) atoms. The van der Waals surface area contributed by atoms with E-state index in [-0.39, 0.29) is 0 Å². The van der Waals surface area contributed by atoms with Crippen molar-refractivity contribution in [1.82, 2.24) is 20.3 Å². The second kappa shape index (κ2) is 5.74. The smallest absolute Gasteiger partial charge is 0.266 e. The number of rotatable bonds is 5. The summed E-state index contributed by atoms with van der Waals surface area (Å²) in [7, 11) is 1.84. The molecule has 7 heteroatoms. The van der Waals surface area contributed by atoms with Crippen LogP contribution in [0.5, 0.6) is 0 Å². The van der Waals surface area contributed by atoms with Gasteiger partial charge in [-0.2, -0.15) is 9.97 Å². The van der Waals surface area contributed by atoms with E-state index < -0.39 is 0 Å². The van der Waals surface area contributed by atoms with Crippen LogP contribution in [0.2, 0.25) is 0 Å². The van der Waals surface area contributed by atoms with Crippen LogP contribution in [0.15, 0.2) is 39.4 Å². The molecule has 3 rings (SSSR count). The van der Waals surface area contributed by atoms with Crippen molar-refractivity contribution in [3.05, 3.63) is 42.1 Å². The van der Waals surface area contributed by atoms with Crippen molar-refractivity contribution in [1.29, 1.82) is 0 Å². The van der Waals surface area contributed by atoms with Crippen molar-refractivity contribution in [2.45, 2.75) is 19.9 Å². The van der Waals surface area contributed by atoms with Gasteiger partial charge in [0.15, 0.2) is 0 Å². The van der Waals surface area contributed by atoms with Gasteiger partial charge < -0.3 is 13.9 Å². The molecule has 1 aromatic carbocycles. The standard InChI is InChI=1S/C14H15N5O2/c1-3-11-16-14(18-20-11)19(2)9-12-15-13(17-21-12)10-7-5-4-6-8-10/h4-8H,3,9H2,1-2H3. The lowest BCUT2D eigenvalue weighted by Crippen LogP contribution is -2.18. The molecule has 0 amide bonds. The molecule has 0 spiro atoms. The van der Waals surface area contributed by atoms with Gasteiger partial charge in [0.1, 0.15) is 0 Å². The molecule has 0 atom stereocenters. The summed E-state index contributed by atoms with van der Waals surface area (Å²) in [6, 6.07) is 9.68. The SMILES string of the molecule is CCc1nc(N(C)Cc2nc(-c3ccccc3)no2)no1. The van der Waals surface area contributed by atoms with Crippen molar-refractivity contribution >= 4 is 5.95 Å². The third-order valence-corrected chi connectivity index (χ3v) is 2.97. The van der Waals surface area contributed by atoms with Gasteiger partial charge in [-0.05, 0) is 5.16 Å². The zero-order valence-corrected chi connectivity index (χ0v) is 11.9. The van der Waals surface area contributed by atoms with E-state index in [1.54, 1.807) is 4.90 Å². The fourth-order valence-corrected chi connectivity index (χ4v) is 1.84. The molecule has 0 fully saturated rings. The lowest BCUT2D eigenvalue weighted by atomic mass is 10.2. The first-order valence-electron chi connectivity index (χ1n) is 6.68. The Balaban J connectivity index is 1.72. The summed E-state index contributed by atoms with van der Waals surface area (Å²) in [5.74, 6) is 2.18. The predicted molar refractivity (Wildman–Crippen MR) is 75.5 cm³/mol. The molecule has 0 aliphatic carbocycles. The molecule has 0 saturated heterocycles. The molecule has 0 unspecified atom stereocenters. The van der Waals surface area contributed by atoms with E-state index in [1.807, 2.05) is 44.3 Å². The van der Waals surface area contributed by atoms with Crippen molar-refractivity contribution < 1.29 is 9.05 Å². The highest BCUT2D eigenvalue weighted by atomic mass is 16.5. The Labute approximate surface area is 121 Å². The maximum absolute atomic E-state index is 5.26. The minimum atomic E-state index is 0.419. The van der Waals surface area contributed by atoms with Crippen LogP contribution in [-0.2, 0) is 13.0 Å². The van der Waals surface area contributed by atoms with Crippen molar-refractivity contribution in [3.63, 3.8) is 0 Å². The minimum Gasteiger partial charge on any atom is -0.337 e. The molecule has 0 aliphatic heterocycles. The zero-order chi connectivity index (χ0) is 14.7. The topological polar surface area (TPSA) is 81.1 Å². The first kappa shape index (κ1) is 13.3. The van der Waals surface area contributed by atoms with Crippen LogP contribution in [0.4, 0.5) is 5.95 Å². The maximum atomic E-state index is 5.26. The average Bonchev–Trinajstić information content (AvgIpc) is 3.17. The molecule has 0 bridgehead atoms. The third-order valence-electron chi connectivity index (χ3n) is 2.97. The molecule has 2 heterocycles. The summed E-state index contributed by atoms with van der Waals surface area (Å²) in [4.78, 5) is 10.4. The molecule has 0 radical (unpaired) electrons. The molecular weight excluding hydrogens is 270 g/mol. The Morgan fingerprint density at radius 3 is 2.48 bits per heavy atom. The van der Waals surface area contributed by atoms with Crippen LogP contribution in [-0.4, -0.2) is 27.3 Å². The highest BCUT2D eigenvalue weighted by Gasteiger charge is 2.14. The van der Waals surface area contributed by atoms with Crippen LogP contribution < -0.4 is 4.90 Å². The fraction of sp³-hybridized carbons (Fsp3) is 0.286. The summed E-state index contributed by atoms with van der Waals surface area (Å²) in [6.07, 6.45) is 0.708. The largest absolute Gasteiger partial charge is 0.337 e. The van der Waals surface area contributed by atoms with Crippen LogP contribution in [0, 0.1) is 0 Å². The van der Waals surface area contributed by atoms with Gasteiger partial charge in [-0.1, -0.05) is 42.4 Å². The van der Waals surface area contributed by atoms with Gasteiger partial charge >= 0.3 is 0 Å². The predicted octanol–water partition coefficient (Wildman–Crippen LogP) is 2.32. The van der Waals surface area contributed by atoms with Gasteiger partial charge in [-0.15, -0.1) is 0 Å². The molecule has 2 aromatic heterocycles. The van der Waals surface area contributed by atoms with Gasteiger partial charge in [-0.25, -0.2) is 0 Å². The molecule has 0 N–H and O–H groups in total. The van der Waals surface area contributed by atoms with E-state index in [0.29, 0.717) is 36.5 Å². The summed E-state index contributed by atoms with van der Waals surface area (Å²) in [5, 5.41) is 7.88. The molecule has 3 aromatic rings. The molecular formula is C14H15N5O2. The number of aryl methyl sites for hydroxylation is 1. The van der Waals surface area contributed by atoms with E-state index in [9.17, 15) is 0 Å². The van der Waals surface area contributed by atoms with E-state index in [0.717, 1.165) is 5.56 Å². The quantitative estimate of drug-likeness (QED) is 0.711. The maximum Gasteiger partial charge on any atom is 0.266 e. The van der Waals surface area contributed by atoms with Crippen LogP contribution in [0.25, 0.3) is 11.4 Å². The normalized spacial score (nSPS) is 10.8. The zero-order valence-electron chi connectivity index (χ0n) is 11.9. The van der Waals surface area contributed by atoms with Gasteiger partial charge in [0, 0.05) is 19.0 Å². The minimum absolute atomic E-state index is 0.419. The van der Waals surface area contributed by atoms with E-state index in [4.69, 9.17) is 9.05 Å². The highest BCUT2D eigenvalue weighted by Crippen LogP contribution is 2.16. The van der Waals surface area contributed by atoms with Crippen molar-refractivity contribution in [3.8, 4) is 11.4 Å². The molecule has 7 nitrogen and oxygen atoms in total. The second-order valence-corrected chi connectivity index (χ2v) is 4.58. The number of benzene rings is 1. The molecule has 0 saturated carbocycles. The highest BCUT2D eigenvalue weighted by molar-refractivity contribution is 5.53. The molecule has 0 aliphatic rings. The summed E-state index contributed by atoms with van der Waals surface area (Å²) < 4.78 is 10.3. The van der Waals surface area contributed by atoms with Gasteiger partial charge in [-0.3, -0.25) is 0 Å². The van der Waals surface area contributed by atoms with Crippen molar-refractivity contribution in [2.75, 3.05) is 11.9 Å². The van der Waals surface area contributed by atoms with Crippen LogP contribution in [0.3, 0.4) is 0 Å². The number of anilines is 1. The Morgan fingerprint density at radius 1 is 1.00 bits per heavy atom. The Kier molecular flexibility index (Phi) is 3.63. The van der Waals surface area contributed by atoms with Gasteiger partial charge in [0.25, 0.3) is 5.95 Å². The number of nitrogens with zero attached hydrogens (tertiary/aromatic N) is 5. The number of hydrogen-bond donors (Lipinski definition) is 0. The Hall–Kier alpha value is -2.70. The van der Waals surface area contributed by atoms with Gasteiger partial charge in [0.05, 0.1) is 6.54 Å². The van der Waals surface area contributed by atoms with Crippen LogP contribution in [0.1, 0.15) is 18.7 Å². The van der Waals surface area contributed by atoms with Gasteiger partial charge in [0.2, 0.25) is 17.6 Å². The number of aromatic nitrogens is 4. The second-order valence-electron chi connectivity index (χ2n) is 4.58. The third kappa shape index (κ3) is 2.91. The van der Waals surface area contributed by atoms with Crippen LogP contribution >= 0.6 is 0 Å². The number of hydrogen-bond acceptors (Lipinski definition) is 7. The average molecular weight is 285 g/mol. The lowest BCUT2D eigenvalue weighted by molar-refractivity contribution is 0.372.